The zero-order valence-corrected chi connectivity index (χ0v) is 16.7. The molecule has 1 amide bonds. The molecule has 3 nitrogen and oxygen atoms in total. The number of halogens is 4. The van der Waals surface area contributed by atoms with E-state index in [0.29, 0.717) is 17.8 Å². The summed E-state index contributed by atoms with van der Waals surface area (Å²) in [5.74, 6) is -0.323. The summed E-state index contributed by atoms with van der Waals surface area (Å²) in [5, 5.41) is 2.72. The third-order valence-corrected chi connectivity index (χ3v) is 5.60. The minimum absolute atomic E-state index is 0.0227. The van der Waals surface area contributed by atoms with Crippen molar-refractivity contribution in [2.75, 3.05) is 0 Å². The third kappa shape index (κ3) is 4.44. The molecule has 2 aromatic heterocycles. The Morgan fingerprint density at radius 1 is 1.30 bits per heavy atom. The number of nitrogens with zero attached hydrogens (tertiary/aromatic N) is 1. The van der Waals surface area contributed by atoms with Crippen molar-refractivity contribution in [1.82, 2.24) is 9.88 Å². The van der Waals surface area contributed by atoms with E-state index in [0.717, 1.165) is 26.1 Å². The first-order chi connectivity index (χ1) is 12.8. The molecule has 3 aromatic rings. The summed E-state index contributed by atoms with van der Waals surface area (Å²) in [5.41, 5.74) is 1.09. The van der Waals surface area contributed by atoms with Crippen LogP contribution >= 0.6 is 27.3 Å². The number of allylic oxidation sites excluding steroid dienone is 2. The van der Waals surface area contributed by atoms with Crippen molar-refractivity contribution in [2.24, 2.45) is 0 Å². The van der Waals surface area contributed by atoms with Crippen LogP contribution in [0.2, 0.25) is 0 Å². The van der Waals surface area contributed by atoms with Crippen LogP contribution in [0.15, 0.2) is 52.3 Å². The summed E-state index contributed by atoms with van der Waals surface area (Å²) in [4.78, 5) is 12.7. The van der Waals surface area contributed by atoms with Crippen molar-refractivity contribution in [3.05, 3.63) is 69.2 Å². The Kier molecular flexibility index (Phi) is 5.76. The maximum absolute atomic E-state index is 12.8. The highest BCUT2D eigenvalue weighted by atomic mass is 79.9. The average molecular weight is 457 g/mol. The molecule has 0 aliphatic carbocycles. The molecule has 0 saturated heterocycles. The Bertz CT molecular complexity index is 1000. The van der Waals surface area contributed by atoms with Crippen LogP contribution in [-0.4, -0.2) is 10.5 Å². The van der Waals surface area contributed by atoms with Gasteiger partial charge < -0.3 is 9.88 Å². The fourth-order valence-electron chi connectivity index (χ4n) is 2.74. The van der Waals surface area contributed by atoms with Gasteiger partial charge in [-0.3, -0.25) is 4.79 Å². The molecule has 1 N–H and O–H groups in total. The molecule has 0 radical (unpaired) electrons. The van der Waals surface area contributed by atoms with Gasteiger partial charge in [0.2, 0.25) is 0 Å². The summed E-state index contributed by atoms with van der Waals surface area (Å²) in [6.07, 6.45) is -0.564. The summed E-state index contributed by atoms with van der Waals surface area (Å²) in [6.45, 7) is 2.46. The monoisotopic (exact) mass is 456 g/mol. The number of alkyl halides is 3. The van der Waals surface area contributed by atoms with Crippen LogP contribution in [-0.2, 0) is 19.3 Å². The van der Waals surface area contributed by atoms with E-state index in [9.17, 15) is 18.0 Å². The Labute approximate surface area is 166 Å². The van der Waals surface area contributed by atoms with E-state index >= 15 is 0 Å². The first kappa shape index (κ1) is 19.7. The minimum atomic E-state index is -4.40. The van der Waals surface area contributed by atoms with E-state index in [1.54, 1.807) is 12.1 Å². The number of thiophene rings is 1. The number of amides is 1. The Morgan fingerprint density at radius 3 is 2.78 bits per heavy atom. The molecule has 8 heteroatoms. The lowest BCUT2D eigenvalue weighted by Gasteiger charge is -2.11. The largest absolute Gasteiger partial charge is 0.416 e. The molecule has 0 aliphatic heterocycles. The van der Waals surface area contributed by atoms with Gasteiger partial charge in [0.1, 0.15) is 5.69 Å². The van der Waals surface area contributed by atoms with Gasteiger partial charge in [-0.1, -0.05) is 24.3 Å². The maximum atomic E-state index is 12.8. The topological polar surface area (TPSA) is 34.0 Å². The van der Waals surface area contributed by atoms with Crippen LogP contribution in [0.4, 0.5) is 13.2 Å². The molecule has 3 rings (SSSR count). The Morgan fingerprint density at radius 2 is 2.07 bits per heavy atom. The molecule has 0 spiro atoms. The van der Waals surface area contributed by atoms with Gasteiger partial charge in [0.15, 0.2) is 0 Å². The normalized spacial score (nSPS) is 12.2. The van der Waals surface area contributed by atoms with E-state index in [1.165, 1.54) is 17.4 Å². The first-order valence-electron chi connectivity index (χ1n) is 8.13. The number of fused-ring (bicyclic) bond motifs is 1. The average Bonchev–Trinajstić information content (AvgIpc) is 3.13. The molecule has 1 aromatic carbocycles. The van der Waals surface area contributed by atoms with Crippen LogP contribution in [0.1, 0.15) is 28.5 Å². The zero-order chi connectivity index (χ0) is 19.6. The van der Waals surface area contributed by atoms with Gasteiger partial charge in [-0.15, -0.1) is 11.3 Å². The molecule has 0 unspecified atom stereocenters. The van der Waals surface area contributed by atoms with Gasteiger partial charge in [-0.05, 0) is 52.7 Å². The Hall–Kier alpha value is -2.06. The standard InChI is InChI=1S/C19H16BrF3N2OS/c1-2-3-7-25-14-10-17(20)27-16(14)9-15(25)18(26)24-11-12-5-4-6-13(8-12)19(21,22)23/h2-6,8-10H,7,11H2,1H3,(H,24,26). The van der Waals surface area contributed by atoms with Gasteiger partial charge in [0, 0.05) is 13.1 Å². The molecule has 0 saturated carbocycles. The molecular weight excluding hydrogens is 441 g/mol. The van der Waals surface area contributed by atoms with Gasteiger partial charge in [0.25, 0.3) is 5.91 Å². The quantitative estimate of drug-likeness (QED) is 0.470. The lowest BCUT2D eigenvalue weighted by molar-refractivity contribution is -0.137. The predicted molar refractivity (Wildman–Crippen MR) is 105 cm³/mol. The van der Waals surface area contributed by atoms with Crippen molar-refractivity contribution >= 4 is 43.4 Å². The number of hydrogen-bond donors (Lipinski definition) is 1. The summed E-state index contributed by atoms with van der Waals surface area (Å²) < 4.78 is 42.3. The summed E-state index contributed by atoms with van der Waals surface area (Å²) >= 11 is 4.97. The van der Waals surface area contributed by atoms with Crippen molar-refractivity contribution in [1.29, 1.82) is 0 Å². The Balaban J connectivity index is 1.81. The fraction of sp³-hybridized carbons (Fsp3) is 0.211. The zero-order valence-electron chi connectivity index (χ0n) is 14.3. The second kappa shape index (κ2) is 7.90. The minimum Gasteiger partial charge on any atom is -0.347 e. The number of benzene rings is 1. The summed E-state index contributed by atoms with van der Waals surface area (Å²) in [7, 11) is 0. The number of nitrogens with one attached hydrogen (secondary N) is 1. The number of carbonyl (C=O) groups is 1. The predicted octanol–water partition coefficient (Wildman–Crippen LogP) is 5.99. The SMILES string of the molecule is CC=CCn1c(C(=O)NCc2cccc(C(F)(F)F)c2)cc2sc(Br)cc21. The van der Waals surface area contributed by atoms with E-state index < -0.39 is 11.7 Å². The van der Waals surface area contributed by atoms with Crippen LogP contribution in [0, 0.1) is 0 Å². The molecule has 0 fully saturated rings. The van der Waals surface area contributed by atoms with Crippen LogP contribution < -0.4 is 5.32 Å². The van der Waals surface area contributed by atoms with E-state index in [2.05, 4.69) is 21.2 Å². The lowest BCUT2D eigenvalue weighted by Crippen LogP contribution is -2.25. The van der Waals surface area contributed by atoms with Gasteiger partial charge in [0.05, 0.1) is 19.6 Å². The fourth-order valence-corrected chi connectivity index (χ4v) is 4.30. The number of hydrogen-bond acceptors (Lipinski definition) is 2. The second-order valence-electron chi connectivity index (χ2n) is 5.89. The third-order valence-electron chi connectivity index (χ3n) is 4.02. The van der Waals surface area contributed by atoms with Crippen molar-refractivity contribution in [2.45, 2.75) is 26.2 Å². The van der Waals surface area contributed by atoms with Crippen LogP contribution in [0.25, 0.3) is 10.2 Å². The highest BCUT2D eigenvalue weighted by molar-refractivity contribution is 9.11. The lowest BCUT2D eigenvalue weighted by atomic mass is 10.1. The summed E-state index contributed by atoms with van der Waals surface area (Å²) in [6, 6.07) is 8.72. The molecular formula is C19H16BrF3N2OS. The van der Waals surface area contributed by atoms with Gasteiger partial charge in [-0.25, -0.2) is 0 Å². The molecule has 0 atom stereocenters. The first-order valence-corrected chi connectivity index (χ1v) is 9.74. The van der Waals surface area contributed by atoms with Crippen molar-refractivity contribution in [3.63, 3.8) is 0 Å². The van der Waals surface area contributed by atoms with E-state index in [-0.39, 0.29) is 12.5 Å². The van der Waals surface area contributed by atoms with Crippen LogP contribution in [0.5, 0.6) is 0 Å². The van der Waals surface area contributed by atoms with Crippen LogP contribution in [0.3, 0.4) is 0 Å². The second-order valence-corrected chi connectivity index (χ2v) is 8.35. The molecule has 142 valence electrons. The number of rotatable bonds is 5. The van der Waals surface area contributed by atoms with Gasteiger partial charge in [-0.2, -0.15) is 13.2 Å². The number of aromatic nitrogens is 1. The molecule has 0 aliphatic rings. The van der Waals surface area contributed by atoms with E-state index in [1.807, 2.05) is 29.7 Å². The number of carbonyl (C=O) groups excluding carboxylic acids is 1. The molecule has 0 bridgehead atoms. The van der Waals surface area contributed by atoms with Crippen molar-refractivity contribution in [3.8, 4) is 0 Å². The van der Waals surface area contributed by atoms with Crippen molar-refractivity contribution < 1.29 is 18.0 Å². The highest BCUT2D eigenvalue weighted by Gasteiger charge is 2.30. The molecule has 2 heterocycles. The van der Waals surface area contributed by atoms with E-state index in [4.69, 9.17) is 0 Å². The smallest absolute Gasteiger partial charge is 0.347 e. The maximum Gasteiger partial charge on any atom is 0.416 e. The highest BCUT2D eigenvalue weighted by Crippen LogP contribution is 2.33. The van der Waals surface area contributed by atoms with Gasteiger partial charge >= 0.3 is 6.18 Å². The molecule has 27 heavy (non-hydrogen) atoms.